The zero-order valence-corrected chi connectivity index (χ0v) is 7.37. The van der Waals surface area contributed by atoms with Gasteiger partial charge in [0.2, 0.25) is 5.91 Å². The van der Waals surface area contributed by atoms with E-state index in [9.17, 15) is 9.18 Å². The van der Waals surface area contributed by atoms with Crippen molar-refractivity contribution in [2.45, 2.75) is 31.5 Å². The van der Waals surface area contributed by atoms with Gasteiger partial charge in [0.25, 0.3) is 0 Å². The molecule has 3 heteroatoms. The van der Waals surface area contributed by atoms with Gasteiger partial charge in [-0.2, -0.15) is 0 Å². The summed E-state index contributed by atoms with van der Waals surface area (Å²) >= 11 is 0. The number of hydrogen-bond donors (Lipinski definition) is 0. The van der Waals surface area contributed by atoms with Crippen molar-refractivity contribution in [3.05, 3.63) is 0 Å². The van der Waals surface area contributed by atoms with E-state index in [4.69, 9.17) is 6.42 Å². The van der Waals surface area contributed by atoms with Gasteiger partial charge in [-0.3, -0.25) is 4.79 Å². The number of halogens is 1. The molecule has 1 amide bonds. The van der Waals surface area contributed by atoms with Crippen LogP contribution in [0.2, 0.25) is 0 Å². The zero-order chi connectivity index (χ0) is 9.42. The van der Waals surface area contributed by atoms with E-state index in [-0.39, 0.29) is 24.4 Å². The average molecular weight is 181 g/mol. The van der Waals surface area contributed by atoms with E-state index in [1.165, 1.54) is 4.90 Å². The monoisotopic (exact) mass is 181 g/mol. The molecule has 0 aromatic rings. The number of alkyl halides is 1. The maximum Gasteiger partial charge on any atom is 0.226 e. The molecule has 1 saturated heterocycles. The van der Waals surface area contributed by atoms with Gasteiger partial charge in [0.1, 0.15) is 6.17 Å². The van der Waals surface area contributed by atoms with Crippen LogP contribution in [0.15, 0.2) is 0 Å². The number of hydrogen-bond acceptors (Lipinski definition) is 1. The molecule has 0 spiro atoms. The molecule has 1 aliphatic heterocycles. The van der Waals surface area contributed by atoms with Crippen molar-refractivity contribution in [2.24, 2.45) is 5.92 Å². The highest BCUT2D eigenvalue weighted by Gasteiger charge is 2.40. The van der Waals surface area contributed by atoms with Crippen LogP contribution in [-0.2, 0) is 4.79 Å². The number of carbonyl (C=O) groups is 1. The van der Waals surface area contributed by atoms with Crippen molar-refractivity contribution in [2.75, 3.05) is 6.54 Å². The van der Waals surface area contributed by atoms with Gasteiger partial charge >= 0.3 is 0 Å². The quantitative estimate of drug-likeness (QED) is 0.552. The fourth-order valence-corrected chi connectivity index (χ4v) is 1.75. The Hall–Kier alpha value is -1.04. The van der Waals surface area contributed by atoms with Gasteiger partial charge in [0, 0.05) is 12.3 Å². The lowest BCUT2D eigenvalue weighted by Crippen LogP contribution is -2.36. The highest BCUT2D eigenvalue weighted by atomic mass is 19.1. The third-order valence-corrected chi connectivity index (χ3v) is 2.65. The molecule has 0 bridgehead atoms. The maximum absolute atomic E-state index is 13.0. The van der Waals surface area contributed by atoms with Crippen LogP contribution in [-0.4, -0.2) is 29.6 Å². The molecule has 1 heterocycles. The molecular formula is C10H12FNO. The minimum absolute atomic E-state index is 0.0584. The predicted octanol–water partition coefficient (Wildman–Crippen LogP) is 0.969. The second-order valence-electron chi connectivity index (χ2n) is 3.78. The first-order valence-electron chi connectivity index (χ1n) is 4.63. The maximum atomic E-state index is 13.0. The summed E-state index contributed by atoms with van der Waals surface area (Å²) in [5, 5.41) is 0. The van der Waals surface area contributed by atoms with Crippen LogP contribution in [0.4, 0.5) is 4.39 Å². The average Bonchev–Trinajstić information content (AvgIpc) is 2.88. The molecule has 0 unspecified atom stereocenters. The summed E-state index contributed by atoms with van der Waals surface area (Å²) < 4.78 is 13.0. The highest BCUT2D eigenvalue weighted by molar-refractivity contribution is 5.82. The van der Waals surface area contributed by atoms with Crippen molar-refractivity contribution in [1.29, 1.82) is 0 Å². The molecule has 70 valence electrons. The van der Waals surface area contributed by atoms with Gasteiger partial charge in [-0.15, -0.1) is 6.42 Å². The van der Waals surface area contributed by atoms with Gasteiger partial charge in [-0.05, 0) is 12.8 Å². The Bertz CT molecular complexity index is 267. The van der Waals surface area contributed by atoms with Crippen LogP contribution in [0.3, 0.4) is 0 Å². The molecule has 0 N–H and O–H groups in total. The normalized spacial score (nSPS) is 33.1. The van der Waals surface area contributed by atoms with E-state index in [1.54, 1.807) is 0 Å². The van der Waals surface area contributed by atoms with Gasteiger partial charge in [0.15, 0.2) is 0 Å². The van der Waals surface area contributed by atoms with Crippen molar-refractivity contribution in [3.63, 3.8) is 0 Å². The van der Waals surface area contributed by atoms with Crippen molar-refractivity contribution in [3.8, 4) is 12.3 Å². The Balaban J connectivity index is 2.04. The topological polar surface area (TPSA) is 20.3 Å². The Morgan fingerprint density at radius 3 is 2.77 bits per heavy atom. The summed E-state index contributed by atoms with van der Waals surface area (Å²) in [5.74, 6) is 2.67. The molecule has 0 aromatic heterocycles. The lowest BCUT2D eigenvalue weighted by Gasteiger charge is -2.19. The number of likely N-dealkylation sites (tertiary alicyclic amines) is 1. The summed E-state index contributed by atoms with van der Waals surface area (Å²) in [6.07, 6.45) is 6.52. The van der Waals surface area contributed by atoms with Crippen molar-refractivity contribution >= 4 is 5.91 Å². The molecular weight excluding hydrogens is 169 g/mol. The molecule has 13 heavy (non-hydrogen) atoms. The van der Waals surface area contributed by atoms with Crippen molar-refractivity contribution < 1.29 is 9.18 Å². The van der Waals surface area contributed by atoms with Gasteiger partial charge in [-0.25, -0.2) is 4.39 Å². The first-order chi connectivity index (χ1) is 6.22. The fourth-order valence-electron chi connectivity index (χ4n) is 1.75. The second kappa shape index (κ2) is 3.02. The van der Waals surface area contributed by atoms with Crippen LogP contribution in [0.5, 0.6) is 0 Å². The Morgan fingerprint density at radius 2 is 2.23 bits per heavy atom. The van der Waals surface area contributed by atoms with E-state index >= 15 is 0 Å². The summed E-state index contributed by atoms with van der Waals surface area (Å²) in [6.45, 7) is 0.199. The molecule has 2 nitrogen and oxygen atoms in total. The van der Waals surface area contributed by atoms with E-state index in [1.807, 2.05) is 0 Å². The van der Waals surface area contributed by atoms with Crippen LogP contribution in [0.25, 0.3) is 0 Å². The van der Waals surface area contributed by atoms with E-state index in [0.29, 0.717) is 6.42 Å². The third-order valence-electron chi connectivity index (χ3n) is 2.65. The SMILES string of the molecule is C#C[C@H]1C[C@H](F)CN1C(=O)C1CC1. The molecule has 2 atom stereocenters. The molecule has 0 radical (unpaired) electrons. The fraction of sp³-hybridized carbons (Fsp3) is 0.700. The molecule has 1 aliphatic carbocycles. The Morgan fingerprint density at radius 1 is 1.54 bits per heavy atom. The molecule has 2 rings (SSSR count). The van der Waals surface area contributed by atoms with E-state index in [2.05, 4.69) is 5.92 Å². The molecule has 0 aromatic carbocycles. The van der Waals surface area contributed by atoms with Crippen LogP contribution in [0.1, 0.15) is 19.3 Å². The van der Waals surface area contributed by atoms with E-state index < -0.39 is 6.17 Å². The lowest BCUT2D eigenvalue weighted by atomic mass is 10.2. The predicted molar refractivity (Wildman–Crippen MR) is 46.6 cm³/mol. The van der Waals surface area contributed by atoms with Crippen LogP contribution < -0.4 is 0 Å². The number of rotatable bonds is 1. The molecule has 1 saturated carbocycles. The smallest absolute Gasteiger partial charge is 0.226 e. The lowest BCUT2D eigenvalue weighted by molar-refractivity contribution is -0.132. The number of amides is 1. The van der Waals surface area contributed by atoms with Gasteiger partial charge in [-0.1, -0.05) is 5.92 Å². The molecule has 2 fully saturated rings. The van der Waals surface area contributed by atoms with Crippen LogP contribution in [0, 0.1) is 18.3 Å². The summed E-state index contributed by atoms with van der Waals surface area (Å²) in [5.41, 5.74) is 0. The zero-order valence-electron chi connectivity index (χ0n) is 7.37. The first-order valence-corrected chi connectivity index (χ1v) is 4.63. The minimum Gasteiger partial charge on any atom is -0.326 e. The van der Waals surface area contributed by atoms with Gasteiger partial charge < -0.3 is 4.90 Å². The third kappa shape index (κ3) is 1.53. The van der Waals surface area contributed by atoms with Crippen molar-refractivity contribution in [1.82, 2.24) is 4.90 Å². The minimum atomic E-state index is -0.927. The van der Waals surface area contributed by atoms with Gasteiger partial charge in [0.05, 0.1) is 12.6 Å². The largest absolute Gasteiger partial charge is 0.326 e. The van der Waals surface area contributed by atoms with E-state index in [0.717, 1.165) is 12.8 Å². The Labute approximate surface area is 77.1 Å². The number of terminal acetylenes is 1. The van der Waals surface area contributed by atoms with Crippen LogP contribution >= 0.6 is 0 Å². The number of carbonyl (C=O) groups excluding carboxylic acids is 1. The number of nitrogens with zero attached hydrogens (tertiary/aromatic N) is 1. The summed E-state index contributed by atoms with van der Waals surface area (Å²) in [4.78, 5) is 13.1. The standard InChI is InChI=1S/C10H12FNO/c1-2-9-5-8(11)6-12(9)10(13)7-3-4-7/h1,7-9H,3-6H2/t8-,9-/m0/s1. The first kappa shape index (κ1) is 8.55. The Kier molecular flexibility index (Phi) is 1.99. The summed E-state index contributed by atoms with van der Waals surface area (Å²) in [6, 6.07) is -0.303. The molecule has 2 aliphatic rings. The highest BCUT2D eigenvalue weighted by Crippen LogP contribution is 2.33. The summed E-state index contributed by atoms with van der Waals surface area (Å²) in [7, 11) is 0. The second-order valence-corrected chi connectivity index (χ2v) is 3.78.